The topological polar surface area (TPSA) is 67.6 Å². The monoisotopic (exact) mass is 246 g/mol. The number of nitrogens with two attached hydrogens (primary N) is 1. The Hall–Kier alpha value is -1.27. The molecule has 16 heavy (non-hydrogen) atoms. The van der Waals surface area contributed by atoms with Gasteiger partial charge in [0.15, 0.2) is 0 Å². The highest BCUT2D eigenvalue weighted by atomic mass is 35.5. The first-order valence-electron chi connectivity index (χ1n) is 4.59. The van der Waals surface area contributed by atoms with Crippen LogP contribution in [-0.4, -0.2) is 27.4 Å². The minimum atomic E-state index is -2.56. The Morgan fingerprint density at radius 1 is 1.44 bits per heavy atom. The molecule has 0 radical (unpaired) electrons. The molecule has 2 heterocycles. The number of hydrogen-bond donors (Lipinski definition) is 2. The number of aromatic nitrogens is 3. The van der Waals surface area contributed by atoms with Crippen LogP contribution in [0, 0.1) is 0 Å². The smallest absolute Gasteiger partial charge is 0.253 e. The van der Waals surface area contributed by atoms with E-state index in [9.17, 15) is 8.78 Å². The summed E-state index contributed by atoms with van der Waals surface area (Å²) >= 11 is 5.87. The predicted octanol–water partition coefficient (Wildman–Crippen LogP) is 1.75. The maximum Gasteiger partial charge on any atom is 0.253 e. The highest BCUT2D eigenvalue weighted by molar-refractivity contribution is 6.34. The van der Waals surface area contributed by atoms with E-state index in [0.29, 0.717) is 16.6 Å². The van der Waals surface area contributed by atoms with E-state index in [4.69, 9.17) is 17.3 Å². The van der Waals surface area contributed by atoms with Crippen molar-refractivity contribution in [3.8, 4) is 0 Å². The van der Waals surface area contributed by atoms with Gasteiger partial charge in [-0.15, -0.1) is 0 Å². The van der Waals surface area contributed by atoms with Crippen LogP contribution in [0.5, 0.6) is 0 Å². The van der Waals surface area contributed by atoms with Crippen LogP contribution >= 0.6 is 11.6 Å². The zero-order valence-corrected chi connectivity index (χ0v) is 8.88. The number of H-pyrrole nitrogens is 1. The quantitative estimate of drug-likeness (QED) is 0.811. The number of alkyl halides is 2. The molecule has 0 aromatic carbocycles. The lowest BCUT2D eigenvalue weighted by atomic mass is 10.1. The molecule has 0 aliphatic rings. The van der Waals surface area contributed by atoms with Gasteiger partial charge in [-0.2, -0.15) is 0 Å². The average molecular weight is 247 g/mol. The van der Waals surface area contributed by atoms with Crippen molar-refractivity contribution >= 4 is 22.6 Å². The van der Waals surface area contributed by atoms with E-state index < -0.39 is 12.5 Å². The highest BCUT2D eigenvalue weighted by Gasteiger charge is 2.19. The Morgan fingerprint density at radius 2 is 2.19 bits per heavy atom. The van der Waals surface area contributed by atoms with Gasteiger partial charge in [-0.25, -0.2) is 18.7 Å². The van der Waals surface area contributed by atoms with Gasteiger partial charge in [-0.3, -0.25) is 0 Å². The van der Waals surface area contributed by atoms with Crippen molar-refractivity contribution in [1.82, 2.24) is 15.0 Å². The molecule has 2 rings (SSSR count). The van der Waals surface area contributed by atoms with Crippen LogP contribution < -0.4 is 5.73 Å². The molecule has 0 fully saturated rings. The van der Waals surface area contributed by atoms with E-state index in [1.165, 1.54) is 6.33 Å². The van der Waals surface area contributed by atoms with Gasteiger partial charge in [0.2, 0.25) is 0 Å². The van der Waals surface area contributed by atoms with Gasteiger partial charge in [-0.05, 0) is 12.0 Å². The number of fused-ring (bicyclic) bond motifs is 1. The second kappa shape index (κ2) is 4.31. The molecule has 0 bridgehead atoms. The largest absolute Gasteiger partial charge is 0.346 e. The molecular weight excluding hydrogens is 238 g/mol. The third kappa shape index (κ3) is 1.98. The molecule has 4 nitrogen and oxygen atoms in total. The average Bonchev–Trinajstić information content (AvgIpc) is 2.63. The van der Waals surface area contributed by atoms with Crippen molar-refractivity contribution in [1.29, 1.82) is 0 Å². The molecule has 86 valence electrons. The van der Waals surface area contributed by atoms with Gasteiger partial charge < -0.3 is 10.7 Å². The van der Waals surface area contributed by atoms with E-state index in [0.717, 1.165) is 0 Å². The van der Waals surface area contributed by atoms with Crippen molar-refractivity contribution in [2.75, 3.05) is 0 Å². The SMILES string of the molecule is NC(Cc1c[nH]c2ncnc(Cl)c12)C(F)F. The van der Waals surface area contributed by atoms with Gasteiger partial charge in [0.25, 0.3) is 6.43 Å². The lowest BCUT2D eigenvalue weighted by Gasteiger charge is -2.08. The first-order chi connectivity index (χ1) is 7.59. The van der Waals surface area contributed by atoms with E-state index in [1.54, 1.807) is 6.20 Å². The van der Waals surface area contributed by atoms with Crippen LogP contribution in [0.1, 0.15) is 5.56 Å². The molecule has 1 unspecified atom stereocenters. The fraction of sp³-hybridized carbons (Fsp3) is 0.333. The summed E-state index contributed by atoms with van der Waals surface area (Å²) in [6, 6.07) is -1.21. The summed E-state index contributed by atoms with van der Waals surface area (Å²) in [7, 11) is 0. The van der Waals surface area contributed by atoms with Gasteiger partial charge in [0.05, 0.1) is 11.4 Å². The number of hydrogen-bond acceptors (Lipinski definition) is 3. The molecule has 0 saturated carbocycles. The van der Waals surface area contributed by atoms with E-state index in [1.807, 2.05) is 0 Å². The van der Waals surface area contributed by atoms with Crippen molar-refractivity contribution in [2.24, 2.45) is 5.73 Å². The third-order valence-electron chi connectivity index (χ3n) is 2.28. The van der Waals surface area contributed by atoms with Crippen LogP contribution in [0.15, 0.2) is 12.5 Å². The standard InChI is InChI=1S/C9H9ClF2N4/c10-7-6-4(1-5(13)8(11)12)2-14-9(6)16-3-15-7/h2-3,5,8H,1,13H2,(H,14,15,16). The fourth-order valence-corrected chi connectivity index (χ4v) is 1.74. The van der Waals surface area contributed by atoms with E-state index in [-0.39, 0.29) is 11.6 Å². The lowest BCUT2D eigenvalue weighted by molar-refractivity contribution is 0.116. The fourth-order valence-electron chi connectivity index (χ4n) is 1.49. The number of aromatic amines is 1. The van der Waals surface area contributed by atoms with Crippen LogP contribution in [0.3, 0.4) is 0 Å². The zero-order chi connectivity index (χ0) is 11.7. The summed E-state index contributed by atoms with van der Waals surface area (Å²) in [5.41, 5.74) is 6.43. The van der Waals surface area contributed by atoms with Crippen LogP contribution in [-0.2, 0) is 6.42 Å². The van der Waals surface area contributed by atoms with Gasteiger partial charge in [0.1, 0.15) is 17.1 Å². The van der Waals surface area contributed by atoms with Crippen molar-refractivity contribution in [3.05, 3.63) is 23.2 Å². The Bertz CT molecular complexity index is 499. The molecule has 0 amide bonds. The lowest BCUT2D eigenvalue weighted by Crippen LogP contribution is -2.30. The molecule has 2 aromatic rings. The maximum atomic E-state index is 12.3. The Labute approximate surface area is 94.8 Å². The molecule has 0 spiro atoms. The van der Waals surface area contributed by atoms with E-state index >= 15 is 0 Å². The molecule has 2 aromatic heterocycles. The van der Waals surface area contributed by atoms with Crippen molar-refractivity contribution in [3.63, 3.8) is 0 Å². The summed E-state index contributed by atoms with van der Waals surface area (Å²) in [5.74, 6) is 0. The van der Waals surface area contributed by atoms with Crippen LogP contribution in [0.2, 0.25) is 5.15 Å². The van der Waals surface area contributed by atoms with Crippen molar-refractivity contribution in [2.45, 2.75) is 18.9 Å². The molecular formula is C9H9ClF2N4. The number of nitrogens with one attached hydrogen (secondary N) is 1. The number of rotatable bonds is 3. The second-order valence-corrected chi connectivity index (χ2v) is 3.76. The van der Waals surface area contributed by atoms with E-state index in [2.05, 4.69) is 15.0 Å². The summed E-state index contributed by atoms with van der Waals surface area (Å²) < 4.78 is 24.6. The molecule has 7 heteroatoms. The Balaban J connectivity index is 2.38. The highest BCUT2D eigenvalue weighted by Crippen LogP contribution is 2.24. The predicted molar refractivity (Wildman–Crippen MR) is 56.6 cm³/mol. The molecule has 0 aliphatic carbocycles. The van der Waals surface area contributed by atoms with Crippen LogP contribution in [0.25, 0.3) is 11.0 Å². The first-order valence-corrected chi connectivity index (χ1v) is 4.97. The van der Waals surface area contributed by atoms with Crippen molar-refractivity contribution < 1.29 is 8.78 Å². The zero-order valence-electron chi connectivity index (χ0n) is 8.12. The summed E-state index contributed by atoms with van der Waals surface area (Å²) in [5, 5.41) is 0.794. The van der Waals surface area contributed by atoms with Gasteiger partial charge in [0, 0.05) is 6.20 Å². The van der Waals surface area contributed by atoms with Crippen LogP contribution in [0.4, 0.5) is 8.78 Å². The number of nitrogens with zero attached hydrogens (tertiary/aromatic N) is 2. The minimum Gasteiger partial charge on any atom is -0.346 e. The second-order valence-electron chi connectivity index (χ2n) is 3.40. The summed E-state index contributed by atoms with van der Waals surface area (Å²) in [6.07, 6.45) is 0.351. The third-order valence-corrected chi connectivity index (χ3v) is 2.57. The molecule has 1 atom stereocenters. The summed E-state index contributed by atoms with van der Waals surface area (Å²) in [4.78, 5) is 10.6. The minimum absolute atomic E-state index is 0.0325. The summed E-state index contributed by atoms with van der Waals surface area (Å²) in [6.45, 7) is 0. The molecule has 0 aliphatic heterocycles. The van der Waals surface area contributed by atoms with Gasteiger partial charge >= 0.3 is 0 Å². The first kappa shape index (κ1) is 11.2. The molecule has 3 N–H and O–H groups in total. The Kier molecular flexibility index (Phi) is 3.02. The Morgan fingerprint density at radius 3 is 2.88 bits per heavy atom. The van der Waals surface area contributed by atoms with Gasteiger partial charge in [-0.1, -0.05) is 11.6 Å². The maximum absolute atomic E-state index is 12.3. The molecule has 0 saturated heterocycles. The normalized spacial score (nSPS) is 13.6. The number of halogens is 3.